The summed E-state index contributed by atoms with van der Waals surface area (Å²) in [7, 11) is 0. The number of rotatable bonds is 1. The van der Waals surface area contributed by atoms with Crippen molar-refractivity contribution in [3.05, 3.63) is 0 Å². The minimum absolute atomic E-state index is 0.606. The van der Waals surface area contributed by atoms with Crippen LogP contribution >= 0.6 is 0 Å². The van der Waals surface area contributed by atoms with Crippen LogP contribution < -0.4 is 0 Å². The largest absolute Gasteiger partial charge is 0.394 e. The van der Waals surface area contributed by atoms with Crippen LogP contribution in [0.5, 0.6) is 0 Å². The van der Waals surface area contributed by atoms with Gasteiger partial charge in [0.25, 0.3) is 0 Å². The van der Waals surface area contributed by atoms with E-state index in [2.05, 4.69) is 4.74 Å². The first kappa shape index (κ1) is 9.82. The van der Waals surface area contributed by atoms with Crippen LogP contribution in [0.25, 0.3) is 0 Å². The molecular weight excluding hydrogens is 171 g/mol. The number of halogens is 1. The van der Waals surface area contributed by atoms with E-state index in [1.54, 1.807) is 0 Å². The molecule has 4 N–H and O–H groups in total. The smallest absolute Gasteiger partial charge is 0.184 e. The van der Waals surface area contributed by atoms with Crippen LogP contribution in [0.3, 0.4) is 0 Å². The zero-order chi connectivity index (χ0) is 9.30. The lowest BCUT2D eigenvalue weighted by atomic mass is 10.0. The third-order valence-electron chi connectivity index (χ3n) is 1.82. The van der Waals surface area contributed by atoms with Crippen LogP contribution in [-0.2, 0) is 4.74 Å². The quantitative estimate of drug-likeness (QED) is 0.368. The van der Waals surface area contributed by atoms with Crippen molar-refractivity contribution < 1.29 is 29.6 Å². The predicted octanol–water partition coefficient (Wildman–Crippen LogP) is -2.24. The molecule has 1 fully saturated rings. The normalized spacial score (nSPS) is 49.2. The van der Waals surface area contributed by atoms with Crippen molar-refractivity contribution in [3.8, 4) is 0 Å². The van der Waals surface area contributed by atoms with Crippen molar-refractivity contribution in [1.82, 2.24) is 0 Å². The first-order valence-electron chi connectivity index (χ1n) is 3.52. The Kier molecular flexibility index (Phi) is 2.97. The predicted molar refractivity (Wildman–Crippen MR) is 34.9 cm³/mol. The fourth-order valence-corrected chi connectivity index (χ4v) is 1.06. The first-order chi connectivity index (χ1) is 5.57. The highest BCUT2D eigenvalue weighted by atomic mass is 19.1. The fourth-order valence-electron chi connectivity index (χ4n) is 1.06. The molecule has 1 heterocycles. The Morgan fingerprint density at radius 2 is 1.75 bits per heavy atom. The van der Waals surface area contributed by atoms with Gasteiger partial charge in [-0.25, -0.2) is 4.39 Å². The molecule has 0 aromatic carbocycles. The minimum Gasteiger partial charge on any atom is -0.394 e. The van der Waals surface area contributed by atoms with E-state index in [9.17, 15) is 4.39 Å². The lowest BCUT2D eigenvalue weighted by Crippen LogP contribution is -2.56. The van der Waals surface area contributed by atoms with Crippen molar-refractivity contribution in [2.24, 2.45) is 0 Å². The molecule has 0 aromatic heterocycles. The van der Waals surface area contributed by atoms with E-state index in [4.69, 9.17) is 20.4 Å². The number of alkyl halides is 1. The van der Waals surface area contributed by atoms with Gasteiger partial charge >= 0.3 is 0 Å². The van der Waals surface area contributed by atoms with Gasteiger partial charge < -0.3 is 25.2 Å². The van der Waals surface area contributed by atoms with Gasteiger partial charge in [0, 0.05) is 0 Å². The van der Waals surface area contributed by atoms with E-state index < -0.39 is 37.4 Å². The summed E-state index contributed by atoms with van der Waals surface area (Å²) in [5.41, 5.74) is 0. The maximum absolute atomic E-state index is 12.8. The van der Waals surface area contributed by atoms with E-state index in [0.29, 0.717) is 0 Å². The molecule has 1 aliphatic heterocycles. The summed E-state index contributed by atoms with van der Waals surface area (Å²) in [5.74, 6) is 0. The van der Waals surface area contributed by atoms with Gasteiger partial charge in [0.1, 0.15) is 18.3 Å². The average Bonchev–Trinajstić information content (AvgIpc) is 2.08. The molecule has 1 aliphatic rings. The lowest BCUT2D eigenvalue weighted by Gasteiger charge is -2.36. The topological polar surface area (TPSA) is 90.2 Å². The molecule has 3 unspecified atom stereocenters. The Balaban J connectivity index is 2.63. The summed E-state index contributed by atoms with van der Waals surface area (Å²) in [6, 6.07) is 0. The van der Waals surface area contributed by atoms with Crippen LogP contribution in [0, 0.1) is 0 Å². The Bertz CT molecular complexity index is 150. The SMILES string of the molecule is OCC1OC(O)C(O)[C@@H](F)[C@H]1O. The van der Waals surface area contributed by atoms with Gasteiger partial charge in [-0.1, -0.05) is 0 Å². The molecule has 6 heteroatoms. The molecule has 5 atom stereocenters. The second-order valence-corrected chi connectivity index (χ2v) is 2.67. The molecular formula is C6H11FO5. The van der Waals surface area contributed by atoms with Gasteiger partial charge in [0.15, 0.2) is 12.5 Å². The standard InChI is InChI=1S/C6H11FO5/c7-3-4(9)2(1-8)12-6(11)5(3)10/h2-6,8-11H,1H2/t2?,3-,4-,5?,6?/m0/s1. The zero-order valence-electron chi connectivity index (χ0n) is 6.17. The monoisotopic (exact) mass is 182 g/mol. The van der Waals surface area contributed by atoms with Gasteiger partial charge in [-0.15, -0.1) is 0 Å². The molecule has 5 nitrogen and oxygen atoms in total. The van der Waals surface area contributed by atoms with Crippen LogP contribution in [0.2, 0.25) is 0 Å². The zero-order valence-corrected chi connectivity index (χ0v) is 6.17. The second-order valence-electron chi connectivity index (χ2n) is 2.67. The summed E-state index contributed by atoms with van der Waals surface area (Å²) < 4.78 is 17.3. The van der Waals surface area contributed by atoms with Gasteiger partial charge in [0.05, 0.1) is 6.61 Å². The minimum atomic E-state index is -1.99. The Hall–Kier alpha value is -0.270. The van der Waals surface area contributed by atoms with Crippen LogP contribution in [0.4, 0.5) is 4.39 Å². The van der Waals surface area contributed by atoms with Crippen LogP contribution in [0.15, 0.2) is 0 Å². The van der Waals surface area contributed by atoms with Gasteiger partial charge in [0.2, 0.25) is 0 Å². The highest BCUT2D eigenvalue weighted by molar-refractivity contribution is 4.88. The van der Waals surface area contributed by atoms with E-state index in [0.717, 1.165) is 0 Å². The molecule has 0 spiro atoms. The van der Waals surface area contributed by atoms with Gasteiger partial charge in [-0.3, -0.25) is 0 Å². The fraction of sp³-hybridized carbons (Fsp3) is 1.00. The van der Waals surface area contributed by atoms with Crippen LogP contribution in [0.1, 0.15) is 0 Å². The average molecular weight is 182 g/mol. The number of hydrogen-bond acceptors (Lipinski definition) is 5. The molecule has 0 saturated carbocycles. The lowest BCUT2D eigenvalue weighted by molar-refractivity contribution is -0.274. The molecule has 0 aromatic rings. The molecule has 1 rings (SSSR count). The van der Waals surface area contributed by atoms with Crippen LogP contribution in [-0.4, -0.2) is 57.8 Å². The molecule has 72 valence electrons. The highest BCUT2D eigenvalue weighted by Gasteiger charge is 2.43. The number of ether oxygens (including phenoxy) is 1. The number of aliphatic hydroxyl groups is 4. The summed E-state index contributed by atoms with van der Waals surface area (Å²) in [6.45, 7) is -0.606. The van der Waals surface area contributed by atoms with E-state index in [1.807, 2.05) is 0 Å². The van der Waals surface area contributed by atoms with Crippen molar-refractivity contribution >= 4 is 0 Å². The van der Waals surface area contributed by atoms with Gasteiger partial charge in [-0.2, -0.15) is 0 Å². The number of aliphatic hydroxyl groups excluding tert-OH is 4. The molecule has 12 heavy (non-hydrogen) atoms. The van der Waals surface area contributed by atoms with Crippen molar-refractivity contribution in [2.45, 2.75) is 30.8 Å². The maximum atomic E-state index is 12.8. The second kappa shape index (κ2) is 3.63. The molecule has 0 radical (unpaired) electrons. The summed E-state index contributed by atoms with van der Waals surface area (Å²) in [5, 5.41) is 35.2. The van der Waals surface area contributed by atoms with E-state index in [-0.39, 0.29) is 0 Å². The molecule has 0 bridgehead atoms. The third kappa shape index (κ3) is 1.57. The first-order valence-corrected chi connectivity index (χ1v) is 3.52. The Morgan fingerprint density at radius 3 is 2.25 bits per heavy atom. The molecule has 1 saturated heterocycles. The summed E-state index contributed by atoms with van der Waals surface area (Å²) in [6.07, 6.45) is -8.24. The highest BCUT2D eigenvalue weighted by Crippen LogP contribution is 2.21. The Morgan fingerprint density at radius 1 is 1.17 bits per heavy atom. The summed E-state index contributed by atoms with van der Waals surface area (Å²) in [4.78, 5) is 0. The van der Waals surface area contributed by atoms with E-state index in [1.165, 1.54) is 0 Å². The maximum Gasteiger partial charge on any atom is 0.184 e. The van der Waals surface area contributed by atoms with E-state index >= 15 is 0 Å². The summed E-state index contributed by atoms with van der Waals surface area (Å²) >= 11 is 0. The number of hydrogen-bond donors (Lipinski definition) is 4. The van der Waals surface area contributed by atoms with Crippen molar-refractivity contribution in [1.29, 1.82) is 0 Å². The molecule has 0 amide bonds. The third-order valence-corrected chi connectivity index (χ3v) is 1.82. The molecule has 0 aliphatic carbocycles. The van der Waals surface area contributed by atoms with Gasteiger partial charge in [-0.05, 0) is 0 Å². The van der Waals surface area contributed by atoms with Crippen molar-refractivity contribution in [3.63, 3.8) is 0 Å². The van der Waals surface area contributed by atoms with Crippen molar-refractivity contribution in [2.75, 3.05) is 6.61 Å². The Labute approximate surface area is 68.0 Å².